The van der Waals surface area contributed by atoms with Crippen molar-refractivity contribution in [1.29, 1.82) is 0 Å². The molecule has 2 aliphatic heterocycles. The van der Waals surface area contributed by atoms with Crippen molar-refractivity contribution in [2.75, 3.05) is 32.6 Å². The van der Waals surface area contributed by atoms with Gasteiger partial charge in [-0.1, -0.05) is 6.42 Å². The predicted octanol–water partition coefficient (Wildman–Crippen LogP) is 1.44. The summed E-state index contributed by atoms with van der Waals surface area (Å²) in [5, 5.41) is 0. The van der Waals surface area contributed by atoms with E-state index in [1.165, 1.54) is 0 Å². The number of hydrogen-bond acceptors (Lipinski definition) is 3. The molecule has 19 heavy (non-hydrogen) atoms. The van der Waals surface area contributed by atoms with Crippen LogP contribution in [0.4, 0.5) is 0 Å². The van der Waals surface area contributed by atoms with Gasteiger partial charge in [0.05, 0.1) is 6.10 Å². The Balaban J connectivity index is 2.11. The Kier molecular flexibility index (Phi) is 5.48. The van der Waals surface area contributed by atoms with E-state index in [4.69, 9.17) is 16.3 Å². The number of halogens is 1. The highest BCUT2D eigenvalue weighted by Crippen LogP contribution is 2.26. The number of alkyl halides is 1. The fourth-order valence-corrected chi connectivity index (χ4v) is 5.22. The van der Waals surface area contributed by atoms with Gasteiger partial charge in [-0.3, -0.25) is 0 Å². The third-order valence-electron chi connectivity index (χ3n) is 4.05. The zero-order valence-electron chi connectivity index (χ0n) is 11.4. The maximum absolute atomic E-state index is 12.7. The normalized spacial score (nSPS) is 31.5. The molecule has 0 aromatic rings. The summed E-state index contributed by atoms with van der Waals surface area (Å²) in [4.78, 5) is 0. The van der Waals surface area contributed by atoms with E-state index < -0.39 is 10.2 Å². The minimum absolute atomic E-state index is 0.0165. The Morgan fingerprint density at radius 3 is 2.68 bits per heavy atom. The van der Waals surface area contributed by atoms with Gasteiger partial charge < -0.3 is 4.74 Å². The Morgan fingerprint density at radius 2 is 2.00 bits per heavy atom. The topological polar surface area (TPSA) is 49.9 Å². The minimum atomic E-state index is -3.39. The molecule has 2 saturated heterocycles. The van der Waals surface area contributed by atoms with Gasteiger partial charge in [0.15, 0.2) is 0 Å². The second-order valence-corrected chi connectivity index (χ2v) is 7.47. The Bertz CT molecular complexity index is 390. The van der Waals surface area contributed by atoms with Crippen LogP contribution in [0.3, 0.4) is 0 Å². The monoisotopic (exact) mass is 310 g/mol. The molecule has 0 aromatic heterocycles. The summed E-state index contributed by atoms with van der Waals surface area (Å²) in [6, 6.07) is -0.0525. The molecule has 0 saturated carbocycles. The molecule has 2 atom stereocenters. The molecule has 112 valence electrons. The van der Waals surface area contributed by atoms with Crippen LogP contribution in [-0.2, 0) is 14.9 Å². The molecule has 0 bridgehead atoms. The molecule has 7 heteroatoms. The van der Waals surface area contributed by atoms with Crippen LogP contribution in [0.5, 0.6) is 0 Å². The maximum Gasteiger partial charge on any atom is 0.282 e. The van der Waals surface area contributed by atoms with Crippen LogP contribution in [0.1, 0.15) is 32.1 Å². The highest BCUT2D eigenvalue weighted by atomic mass is 35.5. The second-order valence-electron chi connectivity index (χ2n) is 5.28. The Labute approximate surface area is 121 Å². The van der Waals surface area contributed by atoms with E-state index in [-0.39, 0.29) is 12.1 Å². The smallest absolute Gasteiger partial charge is 0.282 e. The van der Waals surface area contributed by atoms with Crippen LogP contribution in [-0.4, -0.2) is 61.8 Å². The van der Waals surface area contributed by atoms with Crippen molar-refractivity contribution < 1.29 is 13.2 Å². The number of nitrogens with zero attached hydrogens (tertiary/aromatic N) is 2. The second kappa shape index (κ2) is 6.72. The van der Waals surface area contributed by atoms with Crippen molar-refractivity contribution in [3.05, 3.63) is 0 Å². The highest BCUT2D eigenvalue weighted by Gasteiger charge is 2.38. The molecule has 2 fully saturated rings. The van der Waals surface area contributed by atoms with E-state index in [1.54, 1.807) is 15.7 Å². The maximum atomic E-state index is 12.7. The van der Waals surface area contributed by atoms with Gasteiger partial charge in [-0.25, -0.2) is 0 Å². The fourth-order valence-electron chi connectivity index (χ4n) is 2.89. The molecule has 0 N–H and O–H groups in total. The van der Waals surface area contributed by atoms with Crippen molar-refractivity contribution >= 4 is 21.8 Å². The van der Waals surface area contributed by atoms with Crippen molar-refractivity contribution in [3.63, 3.8) is 0 Å². The van der Waals surface area contributed by atoms with Gasteiger partial charge in [-0.15, -0.1) is 11.6 Å². The molecule has 0 spiro atoms. The molecular weight excluding hydrogens is 288 g/mol. The lowest BCUT2D eigenvalue weighted by Crippen LogP contribution is -2.54. The SMILES string of the molecule is COC1CCCN(S(=O)(=O)N2CCCCC2CCl)C1. The van der Waals surface area contributed by atoms with E-state index >= 15 is 0 Å². The largest absolute Gasteiger partial charge is 0.380 e. The first-order chi connectivity index (χ1) is 9.09. The van der Waals surface area contributed by atoms with Crippen molar-refractivity contribution in [3.8, 4) is 0 Å². The standard InChI is InChI=1S/C12H23ClN2O3S/c1-18-12-6-4-7-14(10-12)19(16,17)15-8-3-2-5-11(15)9-13/h11-12H,2-10H2,1H3. The first-order valence-electron chi connectivity index (χ1n) is 6.95. The van der Waals surface area contributed by atoms with Crippen LogP contribution >= 0.6 is 11.6 Å². The summed E-state index contributed by atoms with van der Waals surface area (Å²) in [5.41, 5.74) is 0. The summed E-state index contributed by atoms with van der Waals surface area (Å²) in [5.74, 6) is 0.376. The van der Waals surface area contributed by atoms with E-state index in [0.29, 0.717) is 25.5 Å². The van der Waals surface area contributed by atoms with E-state index in [2.05, 4.69) is 0 Å². The van der Waals surface area contributed by atoms with Crippen molar-refractivity contribution in [2.24, 2.45) is 0 Å². The molecule has 2 rings (SSSR count). The molecule has 5 nitrogen and oxygen atoms in total. The molecule has 2 heterocycles. The Hall–Kier alpha value is 0.120. The number of methoxy groups -OCH3 is 1. The lowest BCUT2D eigenvalue weighted by Gasteiger charge is -2.39. The number of piperidine rings is 2. The molecule has 0 aliphatic carbocycles. The van der Waals surface area contributed by atoms with Crippen molar-refractivity contribution in [1.82, 2.24) is 8.61 Å². The zero-order valence-corrected chi connectivity index (χ0v) is 13.0. The summed E-state index contributed by atoms with van der Waals surface area (Å²) >= 11 is 5.93. The van der Waals surface area contributed by atoms with Gasteiger partial charge in [0, 0.05) is 38.7 Å². The third kappa shape index (κ3) is 3.42. The summed E-state index contributed by atoms with van der Waals surface area (Å²) in [6.07, 6.45) is 4.66. The molecule has 0 amide bonds. The third-order valence-corrected chi connectivity index (χ3v) is 6.46. The lowest BCUT2D eigenvalue weighted by atomic mass is 10.1. The Morgan fingerprint density at radius 1 is 1.21 bits per heavy atom. The van der Waals surface area contributed by atoms with Crippen LogP contribution in [0.25, 0.3) is 0 Å². The number of hydrogen-bond donors (Lipinski definition) is 0. The summed E-state index contributed by atoms with van der Waals surface area (Å²) < 4.78 is 33.9. The van der Waals surface area contributed by atoms with E-state index in [9.17, 15) is 8.42 Å². The van der Waals surface area contributed by atoms with Gasteiger partial charge in [-0.2, -0.15) is 17.0 Å². The van der Waals surface area contributed by atoms with Crippen molar-refractivity contribution in [2.45, 2.75) is 44.2 Å². The highest BCUT2D eigenvalue weighted by molar-refractivity contribution is 7.86. The van der Waals surface area contributed by atoms with Gasteiger partial charge in [0.2, 0.25) is 0 Å². The first kappa shape index (κ1) is 15.5. The zero-order chi connectivity index (χ0) is 13.9. The number of ether oxygens (including phenoxy) is 1. The van der Waals surface area contributed by atoms with Gasteiger partial charge >= 0.3 is 0 Å². The summed E-state index contributed by atoms with van der Waals surface area (Å²) in [7, 11) is -1.75. The van der Waals surface area contributed by atoms with Crippen LogP contribution in [0.15, 0.2) is 0 Å². The molecule has 0 aromatic carbocycles. The fraction of sp³-hybridized carbons (Fsp3) is 1.00. The molecule has 2 unspecified atom stereocenters. The summed E-state index contributed by atoms with van der Waals surface area (Å²) in [6.45, 7) is 1.64. The quantitative estimate of drug-likeness (QED) is 0.738. The van der Waals surface area contributed by atoms with E-state index in [1.807, 2.05) is 0 Å². The minimum Gasteiger partial charge on any atom is -0.380 e. The molecular formula is C12H23ClN2O3S. The van der Waals surface area contributed by atoms with E-state index in [0.717, 1.165) is 32.1 Å². The molecule has 0 radical (unpaired) electrons. The average Bonchev–Trinajstić information content (AvgIpc) is 2.47. The number of rotatable bonds is 4. The predicted molar refractivity (Wildman–Crippen MR) is 75.6 cm³/mol. The average molecular weight is 311 g/mol. The van der Waals surface area contributed by atoms with Gasteiger partial charge in [-0.05, 0) is 25.7 Å². The van der Waals surface area contributed by atoms with Crippen LogP contribution in [0.2, 0.25) is 0 Å². The first-order valence-corrected chi connectivity index (χ1v) is 8.88. The lowest BCUT2D eigenvalue weighted by molar-refractivity contribution is 0.0543. The van der Waals surface area contributed by atoms with Crippen LogP contribution < -0.4 is 0 Å². The van der Waals surface area contributed by atoms with Gasteiger partial charge in [0.25, 0.3) is 10.2 Å². The molecule has 2 aliphatic rings. The van der Waals surface area contributed by atoms with Gasteiger partial charge in [0.1, 0.15) is 0 Å². The van der Waals surface area contributed by atoms with Crippen LogP contribution in [0, 0.1) is 0 Å².